The molecule has 3 heterocycles. The van der Waals surface area contributed by atoms with Crippen LogP contribution in [0.1, 0.15) is 20.3 Å². The van der Waals surface area contributed by atoms with Crippen LogP contribution < -0.4 is 0 Å². The van der Waals surface area contributed by atoms with Crippen molar-refractivity contribution < 1.29 is 88.6 Å². The van der Waals surface area contributed by atoms with E-state index in [9.17, 15) is 45.6 Å². The van der Waals surface area contributed by atoms with Crippen LogP contribution in [0.5, 0.6) is 0 Å². The minimum Gasteiger partial charge on any atom is -0.480 e. The lowest BCUT2D eigenvalue weighted by Crippen LogP contribution is -2.61. The number of aliphatic hydroxyl groups excluding tert-OH is 8. The van der Waals surface area contributed by atoms with Crippen molar-refractivity contribution >= 4 is 5.97 Å². The first-order chi connectivity index (χ1) is 22.3. The summed E-state index contributed by atoms with van der Waals surface area (Å²) < 4.78 is 44.4. The molecule has 0 spiro atoms. The molecule has 16 atom stereocenters. The summed E-state index contributed by atoms with van der Waals surface area (Å²) in [6.07, 6.45) is -16.4. The van der Waals surface area contributed by atoms with Crippen LogP contribution in [-0.2, 0) is 42.7 Å². The minimum absolute atomic E-state index is 0.00609. The maximum atomic E-state index is 10.9. The van der Waals surface area contributed by atoms with Gasteiger partial charge >= 0.3 is 5.97 Å². The Bertz CT molecular complexity index is 912. The van der Waals surface area contributed by atoms with Gasteiger partial charge in [-0.05, 0) is 13.3 Å². The van der Waals surface area contributed by atoms with Gasteiger partial charge in [0.05, 0.1) is 76.8 Å². The monoisotopic (exact) mass is 688 g/mol. The van der Waals surface area contributed by atoms with Crippen LogP contribution >= 0.6 is 0 Å². The molecule has 18 nitrogen and oxygen atoms in total. The highest BCUT2D eigenvalue weighted by atomic mass is 16.7. The van der Waals surface area contributed by atoms with Crippen LogP contribution in [0.4, 0.5) is 0 Å². The van der Waals surface area contributed by atoms with Crippen molar-refractivity contribution in [3.05, 3.63) is 0 Å². The third kappa shape index (κ3) is 10.7. The number of aliphatic carboxylic acids is 1. The van der Waals surface area contributed by atoms with Crippen LogP contribution in [0, 0.1) is 11.8 Å². The van der Waals surface area contributed by atoms with Gasteiger partial charge in [-0.1, -0.05) is 6.92 Å². The van der Waals surface area contributed by atoms with Crippen LogP contribution in [0.3, 0.4) is 0 Å². The number of methoxy groups -OCH3 is 1. The lowest BCUT2D eigenvalue weighted by atomic mass is 9.85. The summed E-state index contributed by atoms with van der Waals surface area (Å²) in [6.45, 7) is 1.44. The second-order valence-corrected chi connectivity index (χ2v) is 12.2. The smallest absolute Gasteiger partial charge is 0.329 e. The zero-order valence-corrected chi connectivity index (χ0v) is 26.8. The Labute approximate surface area is 272 Å². The van der Waals surface area contributed by atoms with E-state index in [-0.39, 0.29) is 39.6 Å². The van der Waals surface area contributed by atoms with E-state index in [1.807, 2.05) is 0 Å². The van der Waals surface area contributed by atoms with Crippen molar-refractivity contribution in [2.45, 2.75) is 106 Å². The summed E-state index contributed by atoms with van der Waals surface area (Å²) in [6, 6.07) is 0. The molecule has 47 heavy (non-hydrogen) atoms. The fourth-order valence-electron chi connectivity index (χ4n) is 6.00. The first kappa shape index (κ1) is 40.3. The zero-order valence-electron chi connectivity index (χ0n) is 26.8. The number of rotatable bonds is 18. The van der Waals surface area contributed by atoms with Crippen molar-refractivity contribution in [1.82, 2.24) is 0 Å². The second-order valence-electron chi connectivity index (χ2n) is 12.2. The molecule has 0 saturated carbocycles. The number of carbonyl (C=O) groups is 1. The van der Waals surface area contributed by atoms with Crippen LogP contribution in [0.2, 0.25) is 0 Å². The Morgan fingerprint density at radius 1 is 0.681 bits per heavy atom. The highest BCUT2D eigenvalue weighted by Crippen LogP contribution is 2.32. The van der Waals surface area contributed by atoms with E-state index in [0.29, 0.717) is 6.42 Å². The van der Waals surface area contributed by atoms with E-state index in [1.165, 1.54) is 7.11 Å². The second kappa shape index (κ2) is 19.3. The summed E-state index contributed by atoms with van der Waals surface area (Å²) in [5.74, 6) is -2.57. The molecule has 0 radical (unpaired) electrons. The molecular weight excluding hydrogens is 636 g/mol. The summed E-state index contributed by atoms with van der Waals surface area (Å²) in [5.41, 5.74) is 0. The van der Waals surface area contributed by atoms with Crippen LogP contribution in [-0.4, -0.2) is 198 Å². The van der Waals surface area contributed by atoms with Crippen molar-refractivity contribution in [3.63, 3.8) is 0 Å². The van der Waals surface area contributed by atoms with Crippen molar-refractivity contribution in [1.29, 1.82) is 0 Å². The molecule has 3 aliphatic rings. The molecule has 276 valence electrons. The summed E-state index contributed by atoms with van der Waals surface area (Å²) in [5, 5.41) is 92.6. The van der Waals surface area contributed by atoms with Crippen LogP contribution in [0.15, 0.2) is 0 Å². The fourth-order valence-corrected chi connectivity index (χ4v) is 6.00. The molecule has 16 unspecified atom stereocenters. The van der Waals surface area contributed by atoms with Gasteiger partial charge in [0.25, 0.3) is 0 Å². The molecule has 0 aromatic rings. The van der Waals surface area contributed by atoms with Crippen molar-refractivity contribution in [2.75, 3.05) is 60.0 Å². The van der Waals surface area contributed by atoms with Gasteiger partial charge in [0.15, 0.2) is 6.29 Å². The predicted molar refractivity (Wildman–Crippen MR) is 155 cm³/mol. The molecule has 0 aliphatic carbocycles. The zero-order chi connectivity index (χ0) is 34.8. The van der Waals surface area contributed by atoms with E-state index in [1.54, 1.807) is 13.8 Å². The quantitative estimate of drug-likeness (QED) is 0.0657. The number of carboxylic acid groups (broad SMARTS) is 1. The molecule has 0 aromatic heterocycles. The number of aliphatic hydroxyl groups is 8. The number of hydrogen-bond acceptors (Lipinski definition) is 17. The Morgan fingerprint density at radius 2 is 1.26 bits per heavy atom. The molecule has 18 heteroatoms. The Morgan fingerprint density at radius 3 is 1.87 bits per heavy atom. The van der Waals surface area contributed by atoms with Gasteiger partial charge < -0.3 is 83.9 Å². The summed E-state index contributed by atoms with van der Waals surface area (Å²) in [7, 11) is 1.41. The molecule has 3 fully saturated rings. The summed E-state index contributed by atoms with van der Waals surface area (Å²) in [4.78, 5) is 10.7. The summed E-state index contributed by atoms with van der Waals surface area (Å²) >= 11 is 0. The van der Waals surface area contributed by atoms with Crippen LogP contribution in [0.25, 0.3) is 0 Å². The molecule has 0 bridgehead atoms. The van der Waals surface area contributed by atoms with Gasteiger partial charge in [0.1, 0.15) is 55.4 Å². The van der Waals surface area contributed by atoms with E-state index in [4.69, 9.17) is 43.0 Å². The van der Waals surface area contributed by atoms with E-state index >= 15 is 0 Å². The molecule has 3 aliphatic heterocycles. The van der Waals surface area contributed by atoms with Gasteiger partial charge in [0, 0.05) is 18.9 Å². The Kier molecular flexibility index (Phi) is 16.5. The van der Waals surface area contributed by atoms with Crippen molar-refractivity contribution in [3.8, 4) is 0 Å². The first-order valence-corrected chi connectivity index (χ1v) is 15.8. The average Bonchev–Trinajstić information content (AvgIpc) is 3.04. The predicted octanol–water partition coefficient (Wildman–Crippen LogP) is -4.41. The van der Waals surface area contributed by atoms with Crippen molar-refractivity contribution in [2.24, 2.45) is 11.8 Å². The third-order valence-corrected chi connectivity index (χ3v) is 8.79. The van der Waals surface area contributed by atoms with Gasteiger partial charge in [-0.2, -0.15) is 0 Å². The Hall–Kier alpha value is -1.17. The molecule has 0 aromatic carbocycles. The van der Waals surface area contributed by atoms with Gasteiger partial charge in [-0.3, -0.25) is 0 Å². The number of hydrogen-bond donors (Lipinski definition) is 9. The average molecular weight is 689 g/mol. The highest BCUT2D eigenvalue weighted by Gasteiger charge is 2.48. The standard InChI is InChI=1S/C29H52O18/c1-4-14-17(11-44-29-28(39)27(38)26(37)20(47-29)10-41-6-13(2)43-12-21(31)32)46-19(25(36)22(14)33)9-42-7-15-16(5-30)45-18(8-40-3)24(35)23(15)34/h13-20,22-30,33-39H,4-12H2,1-3H3,(H,31,32). The topological polar surface area (TPSA) is 273 Å². The molecular formula is C29H52O18. The van der Waals surface area contributed by atoms with Gasteiger partial charge in [0.2, 0.25) is 0 Å². The highest BCUT2D eigenvalue weighted by molar-refractivity contribution is 5.68. The third-order valence-electron chi connectivity index (χ3n) is 8.79. The largest absolute Gasteiger partial charge is 0.480 e. The van der Waals surface area contributed by atoms with E-state index in [2.05, 4.69) is 0 Å². The maximum Gasteiger partial charge on any atom is 0.329 e. The lowest BCUT2D eigenvalue weighted by Gasteiger charge is -2.45. The minimum atomic E-state index is -1.66. The van der Waals surface area contributed by atoms with E-state index < -0.39 is 117 Å². The lowest BCUT2D eigenvalue weighted by molar-refractivity contribution is -0.314. The molecule has 9 N–H and O–H groups in total. The van der Waals surface area contributed by atoms with Gasteiger partial charge in [-0.15, -0.1) is 0 Å². The number of carboxylic acids is 1. The maximum absolute atomic E-state index is 10.9. The molecule has 3 rings (SSSR count). The first-order valence-electron chi connectivity index (χ1n) is 15.8. The fraction of sp³-hybridized carbons (Fsp3) is 0.966. The number of ether oxygens (including phenoxy) is 8. The SMILES string of the molecule is CCC1C(COC2OC(COCC(C)OCC(=O)O)C(O)C(O)C2O)OC(COCC2C(CO)OC(COC)C(O)C2O)C(O)C1O. The van der Waals surface area contributed by atoms with E-state index in [0.717, 1.165) is 0 Å². The normalized spacial score (nSPS) is 41.9. The molecule has 3 saturated heterocycles. The van der Waals surface area contributed by atoms with Gasteiger partial charge in [-0.25, -0.2) is 4.79 Å². The Balaban J connectivity index is 1.56. The molecule has 0 amide bonds.